The summed E-state index contributed by atoms with van der Waals surface area (Å²) in [5.74, 6) is -1.52. The summed E-state index contributed by atoms with van der Waals surface area (Å²) in [6, 6.07) is 7.78. The molecule has 1 aromatic carbocycles. The predicted molar refractivity (Wildman–Crippen MR) is 139 cm³/mol. The van der Waals surface area contributed by atoms with Crippen LogP contribution in [0.4, 0.5) is 0 Å². The second-order valence-electron chi connectivity index (χ2n) is 10.2. The van der Waals surface area contributed by atoms with Crippen LogP contribution in [-0.2, 0) is 30.3 Å². The lowest BCUT2D eigenvalue weighted by molar-refractivity contribution is -0.151. The predicted octanol–water partition coefficient (Wildman–Crippen LogP) is 3.28. The maximum Gasteiger partial charge on any atom is 0.328 e. The molecule has 200 valence electrons. The van der Waals surface area contributed by atoms with Crippen LogP contribution in [-0.4, -0.2) is 48.4 Å². The molecule has 0 aromatic heterocycles. The number of carbonyl (C=O) groups is 4. The SMILES string of the molecule is CC[C@H](C)[C@@H]1NC(=O)[C@H](C(C)C)NC(=O)CCCCCCC(=O)N[C@@H](Cc2ccccc2)COC1=O. The van der Waals surface area contributed by atoms with Crippen LogP contribution in [0.15, 0.2) is 30.3 Å². The summed E-state index contributed by atoms with van der Waals surface area (Å²) in [7, 11) is 0. The Bertz CT molecular complexity index is 858. The fourth-order valence-electron chi connectivity index (χ4n) is 4.24. The van der Waals surface area contributed by atoms with Crippen LogP contribution >= 0.6 is 0 Å². The normalized spacial score (nSPS) is 24.5. The number of nitrogens with one attached hydrogen (secondary N) is 3. The molecule has 2 rings (SSSR count). The van der Waals surface area contributed by atoms with E-state index in [0.29, 0.717) is 32.1 Å². The fourth-order valence-corrected chi connectivity index (χ4v) is 4.24. The number of hydrogen-bond acceptors (Lipinski definition) is 5. The monoisotopic (exact) mass is 501 g/mol. The van der Waals surface area contributed by atoms with Crippen molar-refractivity contribution in [2.45, 2.75) is 97.2 Å². The van der Waals surface area contributed by atoms with Gasteiger partial charge in [-0.25, -0.2) is 4.79 Å². The van der Waals surface area contributed by atoms with E-state index in [0.717, 1.165) is 24.8 Å². The molecule has 0 bridgehead atoms. The summed E-state index contributed by atoms with van der Waals surface area (Å²) in [6.45, 7) is 7.56. The van der Waals surface area contributed by atoms with Crippen LogP contribution in [0.2, 0.25) is 0 Å². The van der Waals surface area contributed by atoms with Crippen LogP contribution in [0.5, 0.6) is 0 Å². The molecule has 0 radical (unpaired) electrons. The van der Waals surface area contributed by atoms with Gasteiger partial charge in [0.15, 0.2) is 0 Å². The third-order valence-electron chi connectivity index (χ3n) is 6.70. The van der Waals surface area contributed by atoms with Crippen LogP contribution in [0, 0.1) is 11.8 Å². The van der Waals surface area contributed by atoms with Crippen LogP contribution in [0.1, 0.15) is 78.2 Å². The summed E-state index contributed by atoms with van der Waals surface area (Å²) in [5.41, 5.74) is 1.03. The smallest absolute Gasteiger partial charge is 0.328 e. The molecule has 8 heteroatoms. The van der Waals surface area contributed by atoms with Gasteiger partial charge in [-0.3, -0.25) is 14.4 Å². The standard InChI is InChI=1S/C28H43N3O5/c1-5-20(4)26-28(35)36-18-22(17-21-13-9-8-10-14-21)29-23(32)15-11-6-7-12-16-24(33)30-25(19(2)3)27(34)31-26/h8-10,13-14,19-20,22,25-26H,5-7,11-12,15-18H2,1-4H3,(H,29,32)(H,30,33)(H,31,34)/t20-,22-,25-,26-/m0/s1. The molecule has 1 heterocycles. The zero-order valence-electron chi connectivity index (χ0n) is 22.2. The molecule has 0 unspecified atom stereocenters. The van der Waals surface area contributed by atoms with Gasteiger partial charge in [0.05, 0.1) is 6.04 Å². The number of cyclic esters (lactones) is 1. The lowest BCUT2D eigenvalue weighted by Gasteiger charge is -2.28. The molecular weight excluding hydrogens is 458 g/mol. The second kappa shape index (κ2) is 15.3. The molecule has 4 atom stereocenters. The van der Waals surface area contributed by atoms with Gasteiger partial charge in [-0.2, -0.15) is 0 Å². The highest BCUT2D eigenvalue weighted by Gasteiger charge is 2.32. The number of ether oxygens (including phenoxy) is 1. The fraction of sp³-hybridized carbons (Fsp3) is 0.643. The average Bonchev–Trinajstić information content (AvgIpc) is 2.85. The van der Waals surface area contributed by atoms with E-state index in [1.807, 2.05) is 58.0 Å². The highest BCUT2D eigenvalue weighted by Crippen LogP contribution is 2.14. The number of rotatable bonds is 5. The van der Waals surface area contributed by atoms with Gasteiger partial charge >= 0.3 is 5.97 Å². The second-order valence-corrected chi connectivity index (χ2v) is 10.2. The molecule has 36 heavy (non-hydrogen) atoms. The first-order chi connectivity index (χ1) is 17.2. The first kappa shape index (κ1) is 29.3. The molecule has 0 aliphatic carbocycles. The van der Waals surface area contributed by atoms with E-state index in [4.69, 9.17) is 4.74 Å². The number of amides is 3. The maximum atomic E-state index is 13.1. The Morgan fingerprint density at radius 2 is 1.44 bits per heavy atom. The lowest BCUT2D eigenvalue weighted by Crippen LogP contribution is -2.55. The molecule has 0 spiro atoms. The van der Waals surface area contributed by atoms with Gasteiger partial charge in [-0.05, 0) is 36.7 Å². The van der Waals surface area contributed by atoms with E-state index in [2.05, 4.69) is 16.0 Å². The lowest BCUT2D eigenvalue weighted by atomic mass is 9.97. The first-order valence-corrected chi connectivity index (χ1v) is 13.3. The van der Waals surface area contributed by atoms with E-state index in [1.54, 1.807) is 0 Å². The topological polar surface area (TPSA) is 114 Å². The van der Waals surface area contributed by atoms with Crippen molar-refractivity contribution in [2.24, 2.45) is 11.8 Å². The van der Waals surface area contributed by atoms with E-state index >= 15 is 0 Å². The molecule has 1 aliphatic rings. The zero-order chi connectivity index (χ0) is 26.5. The van der Waals surface area contributed by atoms with E-state index in [9.17, 15) is 19.2 Å². The van der Waals surface area contributed by atoms with Gasteiger partial charge in [0.1, 0.15) is 18.7 Å². The van der Waals surface area contributed by atoms with E-state index < -0.39 is 24.0 Å². The summed E-state index contributed by atoms with van der Waals surface area (Å²) >= 11 is 0. The van der Waals surface area contributed by atoms with Crippen LogP contribution < -0.4 is 16.0 Å². The number of carbonyl (C=O) groups excluding carboxylic acids is 4. The Labute approximate surface area is 215 Å². The van der Waals surface area contributed by atoms with Crippen molar-refractivity contribution < 1.29 is 23.9 Å². The molecule has 1 aliphatic heterocycles. The Morgan fingerprint density at radius 1 is 0.833 bits per heavy atom. The van der Waals surface area contributed by atoms with Crippen molar-refractivity contribution in [3.63, 3.8) is 0 Å². The van der Waals surface area contributed by atoms with Gasteiger partial charge in [-0.1, -0.05) is 77.3 Å². The van der Waals surface area contributed by atoms with Gasteiger partial charge < -0.3 is 20.7 Å². The minimum absolute atomic E-state index is 0.00656. The molecule has 1 fully saturated rings. The van der Waals surface area contributed by atoms with Crippen LogP contribution in [0.3, 0.4) is 0 Å². The molecule has 3 amide bonds. The Balaban J connectivity index is 2.22. The number of hydrogen-bond donors (Lipinski definition) is 3. The average molecular weight is 502 g/mol. The highest BCUT2D eigenvalue weighted by molar-refractivity contribution is 5.91. The van der Waals surface area contributed by atoms with Crippen molar-refractivity contribution in [3.05, 3.63) is 35.9 Å². The van der Waals surface area contributed by atoms with Crippen molar-refractivity contribution in [1.82, 2.24) is 16.0 Å². The summed E-state index contributed by atoms with van der Waals surface area (Å²) < 4.78 is 5.67. The molecule has 0 saturated carbocycles. The summed E-state index contributed by atoms with van der Waals surface area (Å²) in [4.78, 5) is 51.3. The van der Waals surface area contributed by atoms with E-state index in [-0.39, 0.29) is 36.3 Å². The Morgan fingerprint density at radius 3 is 2.03 bits per heavy atom. The summed E-state index contributed by atoms with van der Waals surface area (Å²) in [6.07, 6.45) is 4.97. The maximum absolute atomic E-state index is 13.1. The van der Waals surface area contributed by atoms with Gasteiger partial charge in [0, 0.05) is 12.8 Å². The van der Waals surface area contributed by atoms with Crippen molar-refractivity contribution >= 4 is 23.7 Å². The highest BCUT2D eigenvalue weighted by atomic mass is 16.5. The largest absolute Gasteiger partial charge is 0.462 e. The Hall–Kier alpha value is -2.90. The third-order valence-corrected chi connectivity index (χ3v) is 6.70. The Kier molecular flexibility index (Phi) is 12.4. The van der Waals surface area contributed by atoms with Gasteiger partial charge in [-0.15, -0.1) is 0 Å². The quantitative estimate of drug-likeness (QED) is 0.536. The zero-order valence-corrected chi connectivity index (χ0v) is 22.2. The van der Waals surface area contributed by atoms with Crippen molar-refractivity contribution in [1.29, 1.82) is 0 Å². The minimum Gasteiger partial charge on any atom is -0.462 e. The summed E-state index contributed by atoms with van der Waals surface area (Å²) in [5, 5.41) is 8.69. The minimum atomic E-state index is -0.854. The molecule has 8 nitrogen and oxygen atoms in total. The van der Waals surface area contributed by atoms with Crippen LogP contribution in [0.25, 0.3) is 0 Å². The molecule has 1 aromatic rings. The third kappa shape index (κ3) is 9.99. The van der Waals surface area contributed by atoms with Gasteiger partial charge in [0.2, 0.25) is 17.7 Å². The number of esters is 1. The van der Waals surface area contributed by atoms with Gasteiger partial charge in [0.25, 0.3) is 0 Å². The van der Waals surface area contributed by atoms with Crippen molar-refractivity contribution in [3.8, 4) is 0 Å². The molecule has 3 N–H and O–H groups in total. The van der Waals surface area contributed by atoms with Crippen molar-refractivity contribution in [2.75, 3.05) is 6.61 Å². The molecular formula is C28H43N3O5. The number of benzene rings is 1. The molecule has 1 saturated heterocycles. The first-order valence-electron chi connectivity index (χ1n) is 13.3. The van der Waals surface area contributed by atoms with E-state index in [1.165, 1.54) is 0 Å².